The summed E-state index contributed by atoms with van der Waals surface area (Å²) in [5, 5.41) is 2.79. The van der Waals surface area contributed by atoms with Crippen LogP contribution in [0.5, 0.6) is 5.75 Å². The first-order valence-electron chi connectivity index (χ1n) is 11.4. The molecule has 4 nitrogen and oxygen atoms in total. The third kappa shape index (κ3) is 4.58. The number of hydrogen-bond acceptors (Lipinski definition) is 4. The lowest BCUT2D eigenvalue weighted by Gasteiger charge is -2.31. The molecule has 35 heavy (non-hydrogen) atoms. The van der Waals surface area contributed by atoms with Crippen LogP contribution < -0.4 is 20.7 Å². The molecule has 0 atom stereocenters. The maximum absolute atomic E-state index is 14.4. The van der Waals surface area contributed by atoms with Crippen molar-refractivity contribution < 1.29 is 19.1 Å². The lowest BCUT2D eigenvalue weighted by atomic mass is 10.1. The van der Waals surface area contributed by atoms with Crippen LogP contribution in [0.3, 0.4) is 0 Å². The van der Waals surface area contributed by atoms with Crippen molar-refractivity contribution in [3.05, 3.63) is 121 Å². The summed E-state index contributed by atoms with van der Waals surface area (Å²) in [5.41, 5.74) is 0.324. The minimum atomic E-state index is -2.96. The maximum Gasteiger partial charge on any atom is 0.343 e. The summed E-state index contributed by atoms with van der Waals surface area (Å²) >= 11 is 0. The highest BCUT2D eigenvalue weighted by atomic mass is 31.2. The van der Waals surface area contributed by atoms with Gasteiger partial charge >= 0.3 is 5.97 Å². The first-order valence-corrected chi connectivity index (χ1v) is 13.2. The molecule has 0 saturated carbocycles. The minimum Gasteiger partial charge on any atom is -0.496 e. The van der Waals surface area contributed by atoms with Crippen molar-refractivity contribution in [1.29, 1.82) is 0 Å². The Morgan fingerprint density at radius 3 is 1.51 bits per heavy atom. The zero-order valence-electron chi connectivity index (χ0n) is 19.8. The predicted octanol–water partition coefficient (Wildman–Crippen LogP) is 4.61. The van der Waals surface area contributed by atoms with Gasteiger partial charge in [-0.1, -0.05) is 103 Å². The van der Waals surface area contributed by atoms with E-state index in [1.807, 2.05) is 91.0 Å². The molecule has 0 fully saturated rings. The predicted molar refractivity (Wildman–Crippen MR) is 144 cm³/mol. The molecule has 0 aliphatic heterocycles. The monoisotopic (exact) mass is 482 g/mol. The van der Waals surface area contributed by atoms with Crippen LogP contribution in [0.4, 0.5) is 0 Å². The van der Waals surface area contributed by atoms with E-state index in [0.717, 1.165) is 15.9 Å². The molecule has 0 amide bonds. The second-order valence-corrected chi connectivity index (χ2v) is 11.1. The van der Waals surface area contributed by atoms with Crippen LogP contribution in [0.1, 0.15) is 17.3 Å². The summed E-state index contributed by atoms with van der Waals surface area (Å²) in [7, 11) is 1.52. The average molecular weight is 483 g/mol. The number of carbonyl (C=O) groups excluding carboxylic acids is 2. The Morgan fingerprint density at radius 1 is 0.657 bits per heavy atom. The third-order valence-corrected chi connectivity index (χ3v) is 10.1. The number of rotatable bonds is 8. The van der Waals surface area contributed by atoms with Gasteiger partial charge in [-0.15, -0.1) is 0 Å². The average Bonchev–Trinajstić information content (AvgIpc) is 2.93. The van der Waals surface area contributed by atoms with Crippen LogP contribution in [0.2, 0.25) is 0 Å². The number of ketones is 1. The fraction of sp³-hybridized carbons (Fsp3) is 0.100. The Kier molecular flexibility index (Phi) is 7.64. The number of para-hydroxylation sites is 1. The van der Waals surface area contributed by atoms with E-state index in [4.69, 9.17) is 9.47 Å². The van der Waals surface area contributed by atoms with Gasteiger partial charge in [0.2, 0.25) is 5.78 Å². The maximum atomic E-state index is 14.4. The van der Waals surface area contributed by atoms with E-state index in [0.29, 0.717) is 11.3 Å². The van der Waals surface area contributed by atoms with E-state index in [1.54, 1.807) is 31.2 Å². The number of hydrogen-bond donors (Lipinski definition) is 0. The van der Waals surface area contributed by atoms with Gasteiger partial charge in [-0.3, -0.25) is 4.79 Å². The van der Waals surface area contributed by atoms with E-state index in [-0.39, 0.29) is 11.9 Å². The molecule has 4 aromatic rings. The van der Waals surface area contributed by atoms with Crippen molar-refractivity contribution in [1.82, 2.24) is 0 Å². The van der Waals surface area contributed by atoms with E-state index in [2.05, 4.69) is 0 Å². The number of ether oxygens (including phenoxy) is 2. The van der Waals surface area contributed by atoms with Crippen LogP contribution in [-0.4, -0.2) is 30.8 Å². The van der Waals surface area contributed by atoms with E-state index in [9.17, 15) is 9.59 Å². The van der Waals surface area contributed by atoms with Crippen molar-refractivity contribution >= 4 is 39.8 Å². The first kappa shape index (κ1) is 24.3. The number of carbonyl (C=O) groups is 2. The summed E-state index contributed by atoms with van der Waals surface area (Å²) in [4.78, 5) is 28.2. The minimum absolute atomic E-state index is 0.118. The standard InChI is InChI=1S/C30H27O4P/c1-3-34-30(32)29(28(31)26-21-13-14-22-27(26)33-2)35(23-15-7-4-8-16-23,24-17-9-5-10-18-24)25-19-11-6-12-20-25/h4-22H,3H2,1-2H3. The van der Waals surface area contributed by atoms with Crippen molar-refractivity contribution in [2.24, 2.45) is 0 Å². The van der Waals surface area contributed by atoms with E-state index < -0.39 is 18.6 Å². The Bertz CT molecular complexity index is 1260. The number of methoxy groups -OCH3 is 1. The van der Waals surface area contributed by atoms with Crippen molar-refractivity contribution in [2.75, 3.05) is 13.7 Å². The molecule has 0 aliphatic rings. The normalized spacial score (nSPS) is 10.9. The summed E-state index contributed by atoms with van der Waals surface area (Å²) in [6.45, 7) is -1.06. The van der Waals surface area contributed by atoms with Crippen LogP contribution in [0.25, 0.3) is 0 Å². The third-order valence-electron chi connectivity index (χ3n) is 5.80. The zero-order valence-corrected chi connectivity index (χ0v) is 20.7. The van der Waals surface area contributed by atoms with Crippen LogP contribution in [0.15, 0.2) is 115 Å². The number of benzene rings is 4. The second-order valence-electron chi connectivity index (χ2n) is 7.78. The van der Waals surface area contributed by atoms with Crippen LogP contribution >= 0.6 is 6.89 Å². The zero-order chi connectivity index (χ0) is 24.7. The molecule has 0 bridgehead atoms. The van der Waals surface area contributed by atoms with Gasteiger partial charge in [0.15, 0.2) is 0 Å². The van der Waals surface area contributed by atoms with Crippen LogP contribution in [-0.2, 0) is 9.53 Å². The molecule has 0 aromatic heterocycles. The molecule has 0 radical (unpaired) electrons. The fourth-order valence-electron chi connectivity index (χ4n) is 4.33. The highest BCUT2D eigenvalue weighted by Crippen LogP contribution is 2.47. The van der Waals surface area contributed by atoms with Gasteiger partial charge in [0, 0.05) is 0 Å². The summed E-state index contributed by atoms with van der Waals surface area (Å²) in [5.74, 6) is -0.606. The molecule has 0 aliphatic carbocycles. The molecule has 176 valence electrons. The molecule has 5 heteroatoms. The van der Waals surface area contributed by atoms with Gasteiger partial charge in [-0.25, -0.2) is 4.79 Å². The lowest BCUT2D eigenvalue weighted by Crippen LogP contribution is -2.38. The van der Waals surface area contributed by atoms with Gasteiger partial charge in [-0.05, 0) is 41.9 Å². The van der Waals surface area contributed by atoms with Crippen molar-refractivity contribution in [2.45, 2.75) is 6.92 Å². The Hall–Kier alpha value is -3.88. The van der Waals surface area contributed by atoms with Crippen LogP contribution in [0, 0.1) is 0 Å². The fourth-order valence-corrected chi connectivity index (χ4v) is 8.62. The molecule has 0 unspecified atom stereocenters. The lowest BCUT2D eigenvalue weighted by molar-refractivity contribution is -0.134. The number of Topliss-reactive ketones (excluding diaryl/α,β-unsaturated/α-hetero) is 1. The SMILES string of the molecule is CCOC(=O)C(C(=O)c1ccccc1OC)=P(c1ccccc1)(c1ccccc1)c1ccccc1. The Morgan fingerprint density at radius 2 is 1.09 bits per heavy atom. The first-order chi connectivity index (χ1) is 17.1. The highest BCUT2D eigenvalue weighted by molar-refractivity contribution is 7.97. The van der Waals surface area contributed by atoms with Gasteiger partial charge in [0.1, 0.15) is 11.0 Å². The molecule has 4 rings (SSSR count). The van der Waals surface area contributed by atoms with Crippen molar-refractivity contribution in [3.63, 3.8) is 0 Å². The largest absolute Gasteiger partial charge is 0.496 e. The molecule has 0 heterocycles. The summed E-state index contributed by atoms with van der Waals surface area (Å²) in [6.07, 6.45) is 0. The molecular weight excluding hydrogens is 455 g/mol. The van der Waals surface area contributed by atoms with E-state index in [1.165, 1.54) is 7.11 Å². The smallest absolute Gasteiger partial charge is 0.343 e. The molecular formula is C30H27O4P. The highest BCUT2D eigenvalue weighted by Gasteiger charge is 2.38. The quantitative estimate of drug-likeness (QED) is 0.159. The summed E-state index contributed by atoms with van der Waals surface area (Å²) in [6, 6.07) is 36.3. The van der Waals surface area contributed by atoms with Gasteiger partial charge in [0.25, 0.3) is 0 Å². The number of esters is 1. The van der Waals surface area contributed by atoms with E-state index >= 15 is 0 Å². The molecule has 0 spiro atoms. The molecule has 0 N–H and O–H groups in total. The summed E-state index contributed by atoms with van der Waals surface area (Å²) < 4.78 is 11.1. The van der Waals surface area contributed by atoms with Crippen molar-refractivity contribution in [3.8, 4) is 5.75 Å². The molecule has 4 aromatic carbocycles. The Labute approximate surface area is 206 Å². The topological polar surface area (TPSA) is 52.6 Å². The van der Waals surface area contributed by atoms with Gasteiger partial charge in [-0.2, -0.15) is 0 Å². The second kappa shape index (κ2) is 11.0. The Balaban J connectivity index is 2.27. The van der Waals surface area contributed by atoms with Gasteiger partial charge < -0.3 is 9.47 Å². The van der Waals surface area contributed by atoms with Gasteiger partial charge in [0.05, 0.1) is 19.3 Å². The molecule has 0 saturated heterocycles.